The molecule has 3 aromatic rings. The van der Waals surface area contributed by atoms with E-state index in [0.717, 1.165) is 11.3 Å². The molecule has 26 heavy (non-hydrogen) atoms. The lowest BCUT2D eigenvalue weighted by molar-refractivity contribution is 0.101. The zero-order chi connectivity index (χ0) is 18.7. The van der Waals surface area contributed by atoms with Crippen LogP contribution in [-0.4, -0.2) is 28.4 Å². The number of nitrogens with zero attached hydrogens (tertiary/aromatic N) is 2. The van der Waals surface area contributed by atoms with Crippen LogP contribution in [0, 0.1) is 16.7 Å². The number of hydrogen-bond donors (Lipinski definition) is 0. The van der Waals surface area contributed by atoms with E-state index in [1.165, 1.54) is 48.4 Å². The van der Waals surface area contributed by atoms with Gasteiger partial charge in [-0.15, -0.1) is 5.10 Å². The Bertz CT molecular complexity index is 1010. The monoisotopic (exact) mass is 406 g/mol. The highest BCUT2D eigenvalue weighted by Gasteiger charge is 2.16. The molecule has 0 N–H and O–H groups in total. The predicted molar refractivity (Wildman–Crippen MR) is 105 cm³/mol. The highest BCUT2D eigenvalue weighted by molar-refractivity contribution is 8.01. The van der Waals surface area contributed by atoms with E-state index in [9.17, 15) is 9.18 Å². The van der Waals surface area contributed by atoms with Gasteiger partial charge in [0.15, 0.2) is 14.1 Å². The molecule has 3 rings (SSSR count). The third-order valence-electron chi connectivity index (χ3n) is 3.66. The number of para-hydroxylation sites is 1. The molecule has 0 bridgehead atoms. The average molecular weight is 407 g/mol. The van der Waals surface area contributed by atoms with Crippen LogP contribution in [0.1, 0.15) is 15.9 Å². The van der Waals surface area contributed by atoms with Crippen LogP contribution in [0.15, 0.2) is 46.8 Å². The first-order valence-electron chi connectivity index (χ1n) is 7.65. The highest BCUT2D eigenvalue weighted by Crippen LogP contribution is 2.27. The van der Waals surface area contributed by atoms with Crippen molar-refractivity contribution in [1.82, 2.24) is 9.78 Å². The van der Waals surface area contributed by atoms with Gasteiger partial charge in [0.2, 0.25) is 0 Å². The van der Waals surface area contributed by atoms with Crippen LogP contribution < -0.4 is 4.74 Å². The van der Waals surface area contributed by atoms with E-state index in [-0.39, 0.29) is 17.1 Å². The first-order valence-corrected chi connectivity index (χ1v) is 9.86. The van der Waals surface area contributed by atoms with Gasteiger partial charge in [0, 0.05) is 0 Å². The number of halogens is 1. The van der Waals surface area contributed by atoms with Crippen LogP contribution in [0.2, 0.25) is 0 Å². The fourth-order valence-electron chi connectivity index (χ4n) is 2.38. The molecule has 0 aliphatic carbocycles. The van der Waals surface area contributed by atoms with Gasteiger partial charge in [0.1, 0.15) is 11.6 Å². The maximum absolute atomic E-state index is 13.4. The second kappa shape index (κ2) is 8.11. The molecule has 0 spiro atoms. The second-order valence-electron chi connectivity index (χ2n) is 5.39. The van der Waals surface area contributed by atoms with Crippen molar-refractivity contribution in [2.75, 3.05) is 12.9 Å². The normalized spacial score (nSPS) is 10.7. The minimum Gasteiger partial charge on any atom is -0.496 e. The van der Waals surface area contributed by atoms with Crippen LogP contribution in [0.5, 0.6) is 5.75 Å². The molecule has 0 aliphatic rings. The Balaban J connectivity index is 1.78. The third kappa shape index (κ3) is 4.03. The SMILES string of the molecule is COc1ccc(F)cc1C(=O)CSc1nn(-c2ccccc2C)c(=S)s1. The summed E-state index contributed by atoms with van der Waals surface area (Å²) in [5.41, 5.74) is 2.20. The molecule has 0 atom stereocenters. The Morgan fingerprint density at radius 1 is 1.35 bits per heavy atom. The molecule has 0 amide bonds. The predicted octanol–water partition coefficient (Wildman–Crippen LogP) is 5.09. The minimum absolute atomic E-state index is 0.121. The van der Waals surface area contributed by atoms with E-state index < -0.39 is 5.82 Å². The second-order valence-corrected chi connectivity index (χ2v) is 8.23. The van der Waals surface area contributed by atoms with Crippen molar-refractivity contribution in [1.29, 1.82) is 0 Å². The lowest BCUT2D eigenvalue weighted by Gasteiger charge is -2.07. The van der Waals surface area contributed by atoms with Crippen LogP contribution in [0.3, 0.4) is 0 Å². The van der Waals surface area contributed by atoms with Crippen LogP contribution in [-0.2, 0) is 0 Å². The summed E-state index contributed by atoms with van der Waals surface area (Å²) in [6.45, 7) is 1.99. The van der Waals surface area contributed by atoms with Gasteiger partial charge in [-0.3, -0.25) is 4.79 Å². The molecular weight excluding hydrogens is 391 g/mol. The molecule has 1 heterocycles. The Hall–Kier alpha value is -2.03. The summed E-state index contributed by atoms with van der Waals surface area (Å²) in [5, 5.41) is 4.50. The van der Waals surface area contributed by atoms with Gasteiger partial charge in [-0.1, -0.05) is 41.3 Å². The Labute approximate surface area is 163 Å². The van der Waals surface area contributed by atoms with E-state index in [2.05, 4.69) is 5.10 Å². The zero-order valence-corrected chi connectivity index (χ0v) is 16.5. The van der Waals surface area contributed by atoms with E-state index in [1.807, 2.05) is 31.2 Å². The van der Waals surface area contributed by atoms with Crippen molar-refractivity contribution in [2.45, 2.75) is 11.3 Å². The van der Waals surface area contributed by atoms with Gasteiger partial charge in [0.05, 0.1) is 24.1 Å². The molecule has 0 radical (unpaired) electrons. The Morgan fingerprint density at radius 2 is 2.12 bits per heavy atom. The molecule has 2 aromatic carbocycles. The number of thioether (sulfide) groups is 1. The zero-order valence-electron chi connectivity index (χ0n) is 14.1. The molecule has 0 fully saturated rings. The van der Waals surface area contributed by atoms with Gasteiger partial charge in [0.25, 0.3) is 0 Å². The summed E-state index contributed by atoms with van der Waals surface area (Å²) in [4.78, 5) is 12.4. The summed E-state index contributed by atoms with van der Waals surface area (Å²) in [5.74, 6) is -0.223. The third-order valence-corrected chi connectivity index (χ3v) is 6.03. The standard InChI is InChI=1S/C18H15FN2O2S3/c1-11-5-3-4-6-14(11)21-18(24)26-17(20-21)25-10-15(22)13-9-12(19)7-8-16(13)23-2/h3-9H,10H2,1-2H3. The number of aryl methyl sites for hydroxylation is 1. The topological polar surface area (TPSA) is 44.1 Å². The van der Waals surface area contributed by atoms with Crippen molar-refractivity contribution in [3.05, 3.63) is 63.4 Å². The number of methoxy groups -OCH3 is 1. The van der Waals surface area contributed by atoms with E-state index >= 15 is 0 Å². The number of carbonyl (C=O) groups excluding carboxylic acids is 1. The number of ketones is 1. The molecule has 0 saturated heterocycles. The van der Waals surface area contributed by atoms with Gasteiger partial charge >= 0.3 is 0 Å². The van der Waals surface area contributed by atoms with Gasteiger partial charge < -0.3 is 4.74 Å². The van der Waals surface area contributed by atoms with Crippen molar-refractivity contribution in [3.63, 3.8) is 0 Å². The Morgan fingerprint density at radius 3 is 2.85 bits per heavy atom. The summed E-state index contributed by atoms with van der Waals surface area (Å²) in [6.07, 6.45) is 0. The van der Waals surface area contributed by atoms with Crippen LogP contribution in [0.25, 0.3) is 5.69 Å². The number of ether oxygens (including phenoxy) is 1. The summed E-state index contributed by atoms with van der Waals surface area (Å²) >= 11 is 8.01. The van der Waals surface area contributed by atoms with Crippen molar-refractivity contribution >= 4 is 41.1 Å². The van der Waals surface area contributed by atoms with Crippen LogP contribution in [0.4, 0.5) is 4.39 Å². The number of carbonyl (C=O) groups is 1. The molecular formula is C18H15FN2O2S3. The lowest BCUT2D eigenvalue weighted by atomic mass is 10.1. The fraction of sp³-hybridized carbons (Fsp3) is 0.167. The molecule has 4 nitrogen and oxygen atoms in total. The summed E-state index contributed by atoms with van der Waals surface area (Å²) in [6, 6.07) is 11.7. The van der Waals surface area contributed by atoms with E-state index in [4.69, 9.17) is 17.0 Å². The van der Waals surface area contributed by atoms with E-state index in [1.54, 1.807) is 4.68 Å². The van der Waals surface area contributed by atoms with E-state index in [0.29, 0.717) is 14.0 Å². The maximum atomic E-state index is 13.4. The number of rotatable bonds is 6. The smallest absolute Gasteiger partial charge is 0.184 e. The molecule has 0 saturated carbocycles. The highest BCUT2D eigenvalue weighted by atomic mass is 32.2. The Kier molecular flexibility index (Phi) is 5.85. The number of hydrogen-bond acceptors (Lipinski definition) is 6. The van der Waals surface area contributed by atoms with Gasteiger partial charge in [-0.25, -0.2) is 9.07 Å². The largest absolute Gasteiger partial charge is 0.496 e. The number of aromatic nitrogens is 2. The molecule has 1 aromatic heterocycles. The molecule has 8 heteroatoms. The van der Waals surface area contributed by atoms with Crippen molar-refractivity contribution < 1.29 is 13.9 Å². The first-order chi connectivity index (χ1) is 12.5. The number of benzene rings is 2. The summed E-state index contributed by atoms with van der Waals surface area (Å²) < 4.78 is 21.6. The molecule has 134 valence electrons. The molecule has 0 aliphatic heterocycles. The van der Waals surface area contributed by atoms with Crippen molar-refractivity contribution in [2.24, 2.45) is 0 Å². The molecule has 0 unspecified atom stereocenters. The number of Topliss-reactive ketones (excluding diaryl/α,β-unsaturated/α-hetero) is 1. The van der Waals surface area contributed by atoms with Crippen LogP contribution >= 0.6 is 35.3 Å². The maximum Gasteiger partial charge on any atom is 0.184 e. The fourth-order valence-corrected chi connectivity index (χ4v) is 4.61. The van der Waals surface area contributed by atoms with Gasteiger partial charge in [-0.05, 0) is 49.0 Å². The lowest BCUT2D eigenvalue weighted by Crippen LogP contribution is -2.06. The summed E-state index contributed by atoms with van der Waals surface area (Å²) in [7, 11) is 1.45. The quantitative estimate of drug-likeness (QED) is 0.324. The average Bonchev–Trinajstić information content (AvgIpc) is 3.00. The van der Waals surface area contributed by atoms with Crippen molar-refractivity contribution in [3.8, 4) is 11.4 Å². The first kappa shape index (κ1) is 18.8. The van der Waals surface area contributed by atoms with Gasteiger partial charge in [-0.2, -0.15) is 0 Å². The minimum atomic E-state index is -0.473.